The number of sulfonamides is 1. The van der Waals surface area contributed by atoms with E-state index < -0.39 is 10.0 Å². The monoisotopic (exact) mass is 637 g/mol. The van der Waals surface area contributed by atoms with Crippen LogP contribution in [0.2, 0.25) is 10.0 Å². The third-order valence-electron chi connectivity index (χ3n) is 6.15. The van der Waals surface area contributed by atoms with E-state index in [-0.39, 0.29) is 23.1 Å². The van der Waals surface area contributed by atoms with Crippen LogP contribution >= 0.6 is 35.0 Å². The SMILES string of the molecule is Cc1ccc(S(=O)(=O)N(Cc2nnc(SCC(=O)Nc3cccc(Cl)c3)n2-c2ccccc2)c2cccc(Cl)c2)cc1. The van der Waals surface area contributed by atoms with Crippen molar-refractivity contribution in [1.82, 2.24) is 14.8 Å². The summed E-state index contributed by atoms with van der Waals surface area (Å²) >= 11 is 13.5. The Hall–Kier alpha value is -3.83. The summed E-state index contributed by atoms with van der Waals surface area (Å²) in [5.74, 6) is 0.139. The maximum Gasteiger partial charge on any atom is 0.264 e. The van der Waals surface area contributed by atoms with Crippen LogP contribution in [-0.4, -0.2) is 34.8 Å². The van der Waals surface area contributed by atoms with Crippen LogP contribution in [0, 0.1) is 6.92 Å². The molecule has 0 unspecified atom stereocenters. The van der Waals surface area contributed by atoms with Crippen LogP contribution in [-0.2, 0) is 21.4 Å². The number of nitrogens with one attached hydrogen (secondary N) is 1. The van der Waals surface area contributed by atoms with Crippen molar-refractivity contribution in [3.05, 3.63) is 125 Å². The molecule has 0 aliphatic rings. The number of thioether (sulfide) groups is 1. The molecule has 0 aliphatic heterocycles. The average molecular weight is 639 g/mol. The lowest BCUT2D eigenvalue weighted by Crippen LogP contribution is -2.31. The lowest BCUT2D eigenvalue weighted by molar-refractivity contribution is -0.113. The fourth-order valence-corrected chi connectivity index (χ4v) is 6.69. The molecule has 0 bridgehead atoms. The zero-order valence-corrected chi connectivity index (χ0v) is 25.5. The van der Waals surface area contributed by atoms with Gasteiger partial charge in [0.05, 0.1) is 22.9 Å². The second kappa shape index (κ2) is 13.0. The Morgan fingerprint density at radius 2 is 1.57 bits per heavy atom. The first-order chi connectivity index (χ1) is 20.2. The van der Waals surface area contributed by atoms with Gasteiger partial charge in [-0.3, -0.25) is 13.7 Å². The van der Waals surface area contributed by atoms with Crippen molar-refractivity contribution in [2.24, 2.45) is 0 Å². The highest BCUT2D eigenvalue weighted by atomic mass is 35.5. The van der Waals surface area contributed by atoms with Gasteiger partial charge in [0.2, 0.25) is 5.91 Å². The van der Waals surface area contributed by atoms with Gasteiger partial charge in [-0.25, -0.2) is 8.42 Å². The first-order valence-corrected chi connectivity index (χ1v) is 15.9. The number of anilines is 2. The third kappa shape index (κ3) is 6.96. The average Bonchev–Trinajstić information content (AvgIpc) is 3.38. The molecule has 42 heavy (non-hydrogen) atoms. The summed E-state index contributed by atoms with van der Waals surface area (Å²) in [6, 6.07) is 29.5. The second-order valence-electron chi connectivity index (χ2n) is 9.22. The van der Waals surface area contributed by atoms with Gasteiger partial charge in [0.15, 0.2) is 11.0 Å². The van der Waals surface area contributed by atoms with Crippen LogP contribution < -0.4 is 9.62 Å². The van der Waals surface area contributed by atoms with Gasteiger partial charge in [-0.15, -0.1) is 10.2 Å². The van der Waals surface area contributed by atoms with Crippen molar-refractivity contribution in [2.45, 2.75) is 23.5 Å². The number of aromatic nitrogens is 3. The molecule has 0 saturated heterocycles. The molecule has 214 valence electrons. The molecular formula is C30H25Cl2N5O3S2. The van der Waals surface area contributed by atoms with E-state index in [2.05, 4.69) is 15.5 Å². The quantitative estimate of drug-likeness (QED) is 0.165. The van der Waals surface area contributed by atoms with Gasteiger partial charge in [-0.1, -0.05) is 83.0 Å². The van der Waals surface area contributed by atoms with Crippen LogP contribution in [0.15, 0.2) is 113 Å². The fraction of sp³-hybridized carbons (Fsp3) is 0.100. The van der Waals surface area contributed by atoms with Gasteiger partial charge < -0.3 is 5.32 Å². The van der Waals surface area contributed by atoms with Crippen LogP contribution in [0.3, 0.4) is 0 Å². The number of aryl methyl sites for hydroxylation is 1. The molecule has 1 aromatic heterocycles. The number of carbonyl (C=O) groups excluding carboxylic acids is 1. The minimum absolute atomic E-state index is 0.0388. The number of hydrogen-bond acceptors (Lipinski definition) is 6. The Kier molecular flexibility index (Phi) is 9.18. The molecule has 5 aromatic rings. The van der Waals surface area contributed by atoms with Gasteiger partial charge in [0.1, 0.15) is 0 Å². The first-order valence-electron chi connectivity index (χ1n) is 12.7. The summed E-state index contributed by atoms with van der Waals surface area (Å²) in [6.45, 7) is 1.75. The number of benzene rings is 4. The molecule has 0 atom stereocenters. The predicted molar refractivity (Wildman–Crippen MR) is 168 cm³/mol. The van der Waals surface area contributed by atoms with Crippen LogP contribution in [0.4, 0.5) is 11.4 Å². The smallest absolute Gasteiger partial charge is 0.264 e. The number of rotatable bonds is 10. The zero-order chi connectivity index (χ0) is 29.7. The topological polar surface area (TPSA) is 97.2 Å². The van der Waals surface area contributed by atoms with Crippen molar-refractivity contribution in [3.8, 4) is 5.69 Å². The minimum atomic E-state index is -4.03. The molecule has 1 amide bonds. The van der Waals surface area contributed by atoms with Crippen molar-refractivity contribution in [1.29, 1.82) is 0 Å². The van der Waals surface area contributed by atoms with Crippen molar-refractivity contribution < 1.29 is 13.2 Å². The van der Waals surface area contributed by atoms with Gasteiger partial charge in [-0.2, -0.15) is 0 Å². The maximum atomic E-state index is 14.0. The summed E-state index contributed by atoms with van der Waals surface area (Å²) in [4.78, 5) is 12.9. The van der Waals surface area contributed by atoms with E-state index in [1.165, 1.54) is 16.1 Å². The van der Waals surface area contributed by atoms with E-state index in [0.717, 1.165) is 5.56 Å². The van der Waals surface area contributed by atoms with Gasteiger partial charge in [-0.05, 0) is 67.6 Å². The van der Waals surface area contributed by atoms with Crippen LogP contribution in [0.1, 0.15) is 11.4 Å². The minimum Gasteiger partial charge on any atom is -0.325 e. The third-order valence-corrected chi connectivity index (χ3v) is 9.33. The summed E-state index contributed by atoms with van der Waals surface area (Å²) in [5.41, 5.74) is 2.61. The molecule has 1 N–H and O–H groups in total. The van der Waals surface area contributed by atoms with Crippen molar-refractivity contribution in [2.75, 3.05) is 15.4 Å². The van der Waals surface area contributed by atoms with E-state index >= 15 is 0 Å². The van der Waals surface area contributed by atoms with Gasteiger partial charge >= 0.3 is 0 Å². The van der Waals surface area contributed by atoms with E-state index in [1.54, 1.807) is 77.4 Å². The lowest BCUT2D eigenvalue weighted by Gasteiger charge is -2.25. The molecule has 12 heteroatoms. The number of para-hydroxylation sites is 1. The number of nitrogens with zero attached hydrogens (tertiary/aromatic N) is 4. The Bertz CT molecular complexity index is 1810. The summed E-state index contributed by atoms with van der Waals surface area (Å²) in [7, 11) is -4.03. The molecular weight excluding hydrogens is 613 g/mol. The van der Waals surface area contributed by atoms with Crippen molar-refractivity contribution in [3.63, 3.8) is 0 Å². The molecule has 0 fully saturated rings. The van der Waals surface area contributed by atoms with E-state index in [9.17, 15) is 13.2 Å². The van der Waals surface area contributed by atoms with Crippen molar-refractivity contribution >= 4 is 62.3 Å². The molecule has 5 rings (SSSR count). The molecule has 0 radical (unpaired) electrons. The molecule has 0 saturated carbocycles. The molecule has 1 heterocycles. The largest absolute Gasteiger partial charge is 0.325 e. The summed E-state index contributed by atoms with van der Waals surface area (Å²) in [6.07, 6.45) is 0. The summed E-state index contributed by atoms with van der Waals surface area (Å²) in [5, 5.41) is 12.9. The fourth-order valence-electron chi connectivity index (χ4n) is 4.14. The number of hydrogen-bond donors (Lipinski definition) is 1. The van der Waals surface area contributed by atoms with Gasteiger partial charge in [0, 0.05) is 21.4 Å². The van der Waals surface area contributed by atoms with Crippen LogP contribution in [0.25, 0.3) is 5.69 Å². The Morgan fingerprint density at radius 3 is 2.26 bits per heavy atom. The highest BCUT2D eigenvalue weighted by molar-refractivity contribution is 7.99. The molecule has 4 aromatic carbocycles. The molecule has 0 aliphatic carbocycles. The molecule has 8 nitrogen and oxygen atoms in total. The Balaban J connectivity index is 1.49. The van der Waals surface area contributed by atoms with Gasteiger partial charge in [0.25, 0.3) is 10.0 Å². The number of carbonyl (C=O) groups is 1. The summed E-state index contributed by atoms with van der Waals surface area (Å²) < 4.78 is 31.0. The molecule has 0 spiro atoms. The van der Waals surface area contributed by atoms with E-state index in [4.69, 9.17) is 23.2 Å². The Labute approximate surface area is 258 Å². The maximum absolute atomic E-state index is 14.0. The Morgan fingerprint density at radius 1 is 0.881 bits per heavy atom. The lowest BCUT2D eigenvalue weighted by atomic mass is 10.2. The van der Waals surface area contributed by atoms with Crippen LogP contribution in [0.5, 0.6) is 0 Å². The number of amides is 1. The second-order valence-corrected chi connectivity index (χ2v) is 12.9. The standard InChI is InChI=1S/C30H25Cl2N5O3S2/c1-21-13-15-27(16-14-21)42(39,40)36(26-12-6-8-23(32)18-26)19-28-34-35-30(37(28)25-10-3-2-4-11-25)41-20-29(38)33-24-9-5-7-22(31)17-24/h2-18H,19-20H2,1H3,(H,33,38). The highest BCUT2D eigenvalue weighted by Gasteiger charge is 2.28. The normalized spacial score (nSPS) is 11.3. The van der Waals surface area contributed by atoms with E-state index in [0.29, 0.717) is 38.1 Å². The first kappa shape index (κ1) is 29.7. The number of halogens is 2. The predicted octanol–water partition coefficient (Wildman–Crippen LogP) is 7.01. The zero-order valence-electron chi connectivity index (χ0n) is 22.3. The highest BCUT2D eigenvalue weighted by Crippen LogP contribution is 2.30. The van der Waals surface area contributed by atoms with E-state index in [1.807, 2.05) is 37.3 Å².